The first-order valence-electron chi connectivity index (χ1n) is 10.4. The number of carbonyl (C=O) groups excluding carboxylic acids is 2. The number of likely N-dealkylation sites (tertiary alicyclic amines) is 1. The second-order valence-corrected chi connectivity index (χ2v) is 7.42. The van der Waals surface area contributed by atoms with Crippen LogP contribution < -0.4 is 15.0 Å². The van der Waals surface area contributed by atoms with E-state index in [1.54, 1.807) is 7.11 Å². The van der Waals surface area contributed by atoms with Gasteiger partial charge in [-0.05, 0) is 31.4 Å². The number of methoxy groups -OCH3 is 1. The fourth-order valence-corrected chi connectivity index (χ4v) is 3.89. The molecule has 1 N–H and O–H groups in total. The number of nitrogens with zero attached hydrogens (tertiary/aromatic N) is 3. The van der Waals surface area contributed by atoms with Gasteiger partial charge in [-0.3, -0.25) is 4.79 Å². The molecule has 7 heteroatoms. The van der Waals surface area contributed by atoms with Crippen LogP contribution in [0.4, 0.5) is 10.5 Å². The van der Waals surface area contributed by atoms with Crippen molar-refractivity contribution < 1.29 is 14.3 Å². The van der Waals surface area contributed by atoms with Gasteiger partial charge in [0, 0.05) is 52.2 Å². The first-order valence-corrected chi connectivity index (χ1v) is 10.4. The van der Waals surface area contributed by atoms with Gasteiger partial charge in [0.05, 0.1) is 12.8 Å². The molecule has 0 atom stereocenters. The van der Waals surface area contributed by atoms with Crippen molar-refractivity contribution in [1.82, 2.24) is 15.1 Å². The first-order chi connectivity index (χ1) is 13.7. The lowest BCUT2D eigenvalue weighted by atomic mass is 10.2. The predicted octanol–water partition coefficient (Wildman–Crippen LogP) is 2.32. The Bertz CT molecular complexity index is 659. The zero-order valence-corrected chi connectivity index (χ0v) is 16.9. The van der Waals surface area contributed by atoms with Gasteiger partial charge in [0.25, 0.3) is 0 Å². The van der Waals surface area contributed by atoms with Gasteiger partial charge in [-0.25, -0.2) is 4.79 Å². The van der Waals surface area contributed by atoms with Gasteiger partial charge in [0.2, 0.25) is 5.91 Å². The monoisotopic (exact) mass is 388 g/mol. The van der Waals surface area contributed by atoms with Crippen molar-refractivity contribution in [3.8, 4) is 5.75 Å². The van der Waals surface area contributed by atoms with E-state index in [0.717, 1.165) is 63.3 Å². The zero-order valence-electron chi connectivity index (χ0n) is 16.9. The molecule has 2 heterocycles. The summed E-state index contributed by atoms with van der Waals surface area (Å²) in [5.74, 6) is 1.12. The number of piperazine rings is 1. The van der Waals surface area contributed by atoms with E-state index in [4.69, 9.17) is 4.74 Å². The van der Waals surface area contributed by atoms with E-state index in [-0.39, 0.29) is 11.9 Å². The lowest BCUT2D eigenvalue weighted by Crippen LogP contribution is -2.52. The Balaban J connectivity index is 1.37. The van der Waals surface area contributed by atoms with Crippen molar-refractivity contribution in [3.63, 3.8) is 0 Å². The third kappa shape index (κ3) is 5.30. The summed E-state index contributed by atoms with van der Waals surface area (Å²) in [5, 5.41) is 3.01. The number of amides is 3. The summed E-state index contributed by atoms with van der Waals surface area (Å²) in [5.41, 5.74) is 1.08. The fraction of sp³-hybridized carbons (Fsp3) is 0.619. The molecule has 1 aromatic carbocycles. The molecule has 0 radical (unpaired) electrons. The van der Waals surface area contributed by atoms with E-state index in [2.05, 4.69) is 16.3 Å². The number of para-hydroxylation sites is 2. The molecule has 0 aromatic heterocycles. The van der Waals surface area contributed by atoms with E-state index in [0.29, 0.717) is 26.1 Å². The van der Waals surface area contributed by atoms with Crippen LogP contribution >= 0.6 is 0 Å². The van der Waals surface area contributed by atoms with Gasteiger partial charge in [0.1, 0.15) is 5.75 Å². The minimum atomic E-state index is -0.0122. The maximum Gasteiger partial charge on any atom is 0.317 e. The van der Waals surface area contributed by atoms with E-state index in [9.17, 15) is 9.59 Å². The number of rotatable bonds is 6. The Labute approximate surface area is 167 Å². The van der Waals surface area contributed by atoms with E-state index < -0.39 is 0 Å². The fourth-order valence-electron chi connectivity index (χ4n) is 3.89. The highest BCUT2D eigenvalue weighted by atomic mass is 16.5. The maximum atomic E-state index is 12.4. The average Bonchev–Trinajstić information content (AvgIpc) is 2.95. The first kappa shape index (κ1) is 20.3. The number of hydrogen-bond donors (Lipinski definition) is 1. The molecule has 0 spiro atoms. The van der Waals surface area contributed by atoms with Crippen LogP contribution in [-0.2, 0) is 4.79 Å². The van der Waals surface area contributed by atoms with Crippen LogP contribution in [0.5, 0.6) is 5.75 Å². The van der Waals surface area contributed by atoms with Gasteiger partial charge < -0.3 is 24.8 Å². The van der Waals surface area contributed by atoms with Crippen LogP contribution in [-0.4, -0.2) is 74.7 Å². The summed E-state index contributed by atoms with van der Waals surface area (Å²) < 4.78 is 5.44. The Morgan fingerprint density at radius 1 is 1.07 bits per heavy atom. The van der Waals surface area contributed by atoms with Crippen molar-refractivity contribution in [2.75, 3.05) is 57.8 Å². The average molecular weight is 389 g/mol. The number of benzene rings is 1. The Hall–Kier alpha value is -2.44. The molecule has 28 heavy (non-hydrogen) atoms. The quantitative estimate of drug-likeness (QED) is 0.760. The third-order valence-electron chi connectivity index (χ3n) is 5.55. The second-order valence-electron chi connectivity index (χ2n) is 7.42. The lowest BCUT2D eigenvalue weighted by Gasteiger charge is -2.36. The Kier molecular flexibility index (Phi) is 7.39. The highest BCUT2D eigenvalue weighted by molar-refractivity contribution is 5.76. The van der Waals surface area contributed by atoms with Crippen LogP contribution in [0.2, 0.25) is 0 Å². The molecule has 0 bridgehead atoms. The number of carbonyl (C=O) groups is 2. The lowest BCUT2D eigenvalue weighted by molar-refractivity contribution is -0.130. The second kappa shape index (κ2) is 10.2. The molecule has 0 aliphatic carbocycles. The van der Waals surface area contributed by atoms with Crippen LogP contribution in [0, 0.1) is 0 Å². The van der Waals surface area contributed by atoms with Crippen molar-refractivity contribution in [3.05, 3.63) is 24.3 Å². The molecule has 0 unspecified atom stereocenters. The molecule has 154 valence electrons. The summed E-state index contributed by atoms with van der Waals surface area (Å²) in [6.07, 6.45) is 4.71. The van der Waals surface area contributed by atoms with Gasteiger partial charge in [-0.1, -0.05) is 18.6 Å². The molecule has 2 saturated heterocycles. The molecule has 3 amide bonds. The molecular formula is C21H32N4O3. The maximum absolute atomic E-state index is 12.4. The minimum Gasteiger partial charge on any atom is -0.495 e. The molecule has 0 saturated carbocycles. The number of anilines is 1. The topological polar surface area (TPSA) is 65.1 Å². The Morgan fingerprint density at radius 2 is 1.86 bits per heavy atom. The summed E-state index contributed by atoms with van der Waals surface area (Å²) in [7, 11) is 1.68. The van der Waals surface area contributed by atoms with Crippen LogP contribution in [0.25, 0.3) is 0 Å². The normalized spacial score (nSPS) is 18.0. The van der Waals surface area contributed by atoms with Crippen LogP contribution in [0.3, 0.4) is 0 Å². The van der Waals surface area contributed by atoms with E-state index >= 15 is 0 Å². The molecule has 7 nitrogen and oxygen atoms in total. The minimum absolute atomic E-state index is 0.0122. The van der Waals surface area contributed by atoms with Crippen molar-refractivity contribution in [2.24, 2.45) is 0 Å². The van der Waals surface area contributed by atoms with Gasteiger partial charge >= 0.3 is 6.03 Å². The summed E-state index contributed by atoms with van der Waals surface area (Å²) in [6.45, 7) is 5.16. The molecule has 2 aliphatic rings. The van der Waals surface area contributed by atoms with Crippen molar-refractivity contribution in [1.29, 1.82) is 0 Å². The van der Waals surface area contributed by atoms with Crippen molar-refractivity contribution >= 4 is 17.6 Å². The van der Waals surface area contributed by atoms with E-state index in [1.807, 2.05) is 28.0 Å². The standard InChI is InChI=1S/C21H32N4O3/c1-28-19-9-5-4-8-18(19)23-14-16-25(17-15-23)21(27)22-11-7-13-24-12-6-2-3-10-20(24)26/h4-5,8-9H,2-3,6-7,10-17H2,1H3,(H,22,27). The molecule has 2 fully saturated rings. The molecular weight excluding hydrogens is 356 g/mol. The zero-order chi connectivity index (χ0) is 19.8. The van der Waals surface area contributed by atoms with E-state index in [1.165, 1.54) is 0 Å². The van der Waals surface area contributed by atoms with Crippen LogP contribution in [0.1, 0.15) is 32.1 Å². The smallest absolute Gasteiger partial charge is 0.317 e. The SMILES string of the molecule is COc1ccccc1N1CCN(C(=O)NCCCN2CCCCCC2=O)CC1. The highest BCUT2D eigenvalue weighted by Gasteiger charge is 2.22. The largest absolute Gasteiger partial charge is 0.495 e. The Morgan fingerprint density at radius 3 is 2.64 bits per heavy atom. The molecule has 1 aromatic rings. The number of urea groups is 1. The van der Waals surface area contributed by atoms with Gasteiger partial charge in [-0.15, -0.1) is 0 Å². The molecule has 3 rings (SSSR count). The van der Waals surface area contributed by atoms with Crippen molar-refractivity contribution in [2.45, 2.75) is 32.1 Å². The summed E-state index contributed by atoms with van der Waals surface area (Å²) in [4.78, 5) is 30.5. The predicted molar refractivity (Wildman–Crippen MR) is 110 cm³/mol. The highest BCUT2D eigenvalue weighted by Crippen LogP contribution is 2.28. The summed E-state index contributed by atoms with van der Waals surface area (Å²) in [6, 6.07) is 7.97. The van der Waals surface area contributed by atoms with Gasteiger partial charge in [-0.2, -0.15) is 0 Å². The van der Waals surface area contributed by atoms with Crippen LogP contribution in [0.15, 0.2) is 24.3 Å². The number of nitrogens with one attached hydrogen (secondary N) is 1. The molecule has 2 aliphatic heterocycles. The summed E-state index contributed by atoms with van der Waals surface area (Å²) >= 11 is 0. The third-order valence-corrected chi connectivity index (χ3v) is 5.55. The van der Waals surface area contributed by atoms with Gasteiger partial charge in [0.15, 0.2) is 0 Å². The number of hydrogen-bond acceptors (Lipinski definition) is 4. The number of ether oxygens (including phenoxy) is 1.